The average molecular weight is 279 g/mol. The molecule has 0 aliphatic carbocycles. The summed E-state index contributed by atoms with van der Waals surface area (Å²) in [5.41, 5.74) is 1.32. The maximum absolute atomic E-state index is 10.9. The molecule has 1 unspecified atom stereocenters. The highest BCUT2D eigenvalue weighted by Crippen LogP contribution is 2.06. The fraction of sp³-hybridized carbons (Fsp3) is 0.562. The maximum atomic E-state index is 10.9. The monoisotopic (exact) mass is 279 g/mol. The molecule has 1 aromatic carbocycles. The van der Waals surface area contributed by atoms with Crippen molar-refractivity contribution in [2.45, 2.75) is 19.8 Å². The summed E-state index contributed by atoms with van der Waals surface area (Å²) < 4.78 is 5.09. The van der Waals surface area contributed by atoms with Crippen LogP contribution in [0.1, 0.15) is 18.9 Å². The molecule has 4 heteroatoms. The molecule has 0 fully saturated rings. The molecule has 112 valence electrons. The smallest absolute Gasteiger partial charge is 0.307 e. The van der Waals surface area contributed by atoms with Crippen molar-refractivity contribution in [1.82, 2.24) is 4.90 Å². The molecule has 0 aliphatic heterocycles. The number of carboxylic acids is 1. The van der Waals surface area contributed by atoms with E-state index in [1.807, 2.05) is 18.2 Å². The number of hydrogen-bond donors (Lipinski definition) is 1. The summed E-state index contributed by atoms with van der Waals surface area (Å²) >= 11 is 0. The number of ether oxygens (including phenoxy) is 1. The zero-order valence-corrected chi connectivity index (χ0v) is 12.4. The lowest BCUT2D eigenvalue weighted by atomic mass is 10.1. The maximum Gasteiger partial charge on any atom is 0.307 e. The van der Waals surface area contributed by atoms with Crippen LogP contribution in [0.15, 0.2) is 30.3 Å². The lowest BCUT2D eigenvalue weighted by Crippen LogP contribution is -2.35. The third kappa shape index (κ3) is 6.68. The minimum atomic E-state index is -0.740. The molecule has 1 atom stereocenters. The largest absolute Gasteiger partial charge is 0.481 e. The Kier molecular flexibility index (Phi) is 7.92. The molecule has 1 rings (SSSR count). The van der Waals surface area contributed by atoms with E-state index < -0.39 is 5.97 Å². The zero-order valence-electron chi connectivity index (χ0n) is 12.4. The summed E-state index contributed by atoms with van der Waals surface area (Å²) in [4.78, 5) is 13.1. The summed E-state index contributed by atoms with van der Waals surface area (Å²) in [6.45, 7) is 4.64. The molecular formula is C16H25NO3. The Morgan fingerprint density at radius 3 is 2.60 bits per heavy atom. The predicted octanol–water partition coefficient (Wildman–Crippen LogP) is 2.29. The van der Waals surface area contributed by atoms with Crippen LogP contribution in [0.25, 0.3) is 0 Å². The fourth-order valence-corrected chi connectivity index (χ4v) is 2.13. The second kappa shape index (κ2) is 9.50. The van der Waals surface area contributed by atoms with Crippen LogP contribution in [0.2, 0.25) is 0 Å². The van der Waals surface area contributed by atoms with E-state index in [-0.39, 0.29) is 5.92 Å². The fourth-order valence-electron chi connectivity index (χ4n) is 2.13. The lowest BCUT2D eigenvalue weighted by molar-refractivity contribution is -0.141. The number of methoxy groups -OCH3 is 1. The molecule has 0 spiro atoms. The topological polar surface area (TPSA) is 49.8 Å². The molecule has 0 radical (unpaired) electrons. The van der Waals surface area contributed by atoms with E-state index in [1.54, 1.807) is 14.0 Å². The van der Waals surface area contributed by atoms with Gasteiger partial charge in [0.15, 0.2) is 0 Å². The Bertz CT molecular complexity index is 381. The van der Waals surface area contributed by atoms with E-state index in [2.05, 4.69) is 17.0 Å². The van der Waals surface area contributed by atoms with Crippen molar-refractivity contribution in [3.63, 3.8) is 0 Å². The Morgan fingerprint density at radius 2 is 2.00 bits per heavy atom. The minimum absolute atomic E-state index is 0.344. The first-order valence-corrected chi connectivity index (χ1v) is 7.11. The van der Waals surface area contributed by atoms with Crippen molar-refractivity contribution < 1.29 is 14.6 Å². The highest BCUT2D eigenvalue weighted by molar-refractivity contribution is 5.69. The van der Waals surface area contributed by atoms with Gasteiger partial charge in [0, 0.05) is 20.2 Å². The summed E-state index contributed by atoms with van der Waals surface area (Å²) in [5, 5.41) is 9.00. The van der Waals surface area contributed by atoms with Gasteiger partial charge in [-0.2, -0.15) is 0 Å². The molecule has 4 nitrogen and oxygen atoms in total. The normalized spacial score (nSPS) is 12.6. The summed E-state index contributed by atoms with van der Waals surface area (Å²) in [6.07, 6.45) is 2.05. The van der Waals surface area contributed by atoms with Crippen LogP contribution in [0.5, 0.6) is 0 Å². The van der Waals surface area contributed by atoms with Gasteiger partial charge in [-0.15, -0.1) is 0 Å². The Hall–Kier alpha value is -1.39. The number of nitrogens with zero attached hydrogens (tertiary/aromatic N) is 1. The number of aryl methyl sites for hydroxylation is 1. The van der Waals surface area contributed by atoms with Gasteiger partial charge in [-0.1, -0.05) is 37.3 Å². The molecule has 0 aliphatic rings. The second-order valence-corrected chi connectivity index (χ2v) is 5.12. The van der Waals surface area contributed by atoms with Gasteiger partial charge in [-0.05, 0) is 24.9 Å². The molecule has 0 bridgehead atoms. The van der Waals surface area contributed by atoms with Crippen molar-refractivity contribution in [2.75, 3.05) is 33.4 Å². The van der Waals surface area contributed by atoms with E-state index >= 15 is 0 Å². The summed E-state index contributed by atoms with van der Waals surface area (Å²) in [7, 11) is 1.67. The molecular weight excluding hydrogens is 254 g/mol. The molecule has 20 heavy (non-hydrogen) atoms. The van der Waals surface area contributed by atoms with Crippen LogP contribution in [0.4, 0.5) is 0 Å². The van der Waals surface area contributed by atoms with Crippen LogP contribution < -0.4 is 0 Å². The molecule has 0 heterocycles. The number of benzene rings is 1. The first-order valence-electron chi connectivity index (χ1n) is 7.11. The van der Waals surface area contributed by atoms with E-state index in [1.165, 1.54) is 5.56 Å². The third-order valence-corrected chi connectivity index (χ3v) is 3.35. The van der Waals surface area contributed by atoms with Crippen LogP contribution in [0.3, 0.4) is 0 Å². The van der Waals surface area contributed by atoms with Gasteiger partial charge in [-0.3, -0.25) is 4.79 Å². The third-order valence-electron chi connectivity index (χ3n) is 3.35. The number of rotatable bonds is 10. The van der Waals surface area contributed by atoms with Crippen molar-refractivity contribution in [3.8, 4) is 0 Å². The SMILES string of the molecule is COCCN(CCCc1ccccc1)CC(C)C(=O)O. The average Bonchev–Trinajstić information content (AvgIpc) is 2.45. The predicted molar refractivity (Wildman–Crippen MR) is 79.9 cm³/mol. The minimum Gasteiger partial charge on any atom is -0.481 e. The van der Waals surface area contributed by atoms with Gasteiger partial charge in [0.1, 0.15) is 0 Å². The number of carbonyl (C=O) groups is 1. The molecule has 1 N–H and O–H groups in total. The molecule has 0 saturated carbocycles. The van der Waals surface area contributed by atoms with E-state index in [0.29, 0.717) is 13.2 Å². The van der Waals surface area contributed by atoms with E-state index in [4.69, 9.17) is 9.84 Å². The van der Waals surface area contributed by atoms with Crippen molar-refractivity contribution in [2.24, 2.45) is 5.92 Å². The Morgan fingerprint density at radius 1 is 1.30 bits per heavy atom. The van der Waals surface area contributed by atoms with Crippen LogP contribution >= 0.6 is 0 Å². The van der Waals surface area contributed by atoms with Gasteiger partial charge >= 0.3 is 5.97 Å². The number of hydrogen-bond acceptors (Lipinski definition) is 3. The van der Waals surface area contributed by atoms with Gasteiger partial charge < -0.3 is 14.7 Å². The highest BCUT2D eigenvalue weighted by Gasteiger charge is 2.15. The van der Waals surface area contributed by atoms with Crippen molar-refractivity contribution in [3.05, 3.63) is 35.9 Å². The van der Waals surface area contributed by atoms with Gasteiger partial charge in [-0.25, -0.2) is 0 Å². The zero-order chi connectivity index (χ0) is 14.8. The van der Waals surface area contributed by atoms with Gasteiger partial charge in [0.2, 0.25) is 0 Å². The van der Waals surface area contributed by atoms with Crippen molar-refractivity contribution in [1.29, 1.82) is 0 Å². The van der Waals surface area contributed by atoms with E-state index in [9.17, 15) is 4.79 Å². The van der Waals surface area contributed by atoms with Gasteiger partial charge in [0.25, 0.3) is 0 Å². The number of aliphatic carboxylic acids is 1. The molecule has 0 aromatic heterocycles. The highest BCUT2D eigenvalue weighted by atomic mass is 16.5. The molecule has 1 aromatic rings. The first kappa shape index (κ1) is 16.7. The standard InChI is InChI=1S/C16H25NO3/c1-14(16(18)19)13-17(11-12-20-2)10-6-9-15-7-4-3-5-8-15/h3-5,7-8,14H,6,9-13H2,1-2H3,(H,18,19). The first-order chi connectivity index (χ1) is 9.63. The lowest BCUT2D eigenvalue weighted by Gasteiger charge is -2.23. The van der Waals surface area contributed by atoms with Crippen molar-refractivity contribution >= 4 is 5.97 Å². The quantitative estimate of drug-likeness (QED) is 0.714. The molecule has 0 amide bonds. The number of carboxylic acid groups (broad SMARTS) is 1. The van der Waals surface area contributed by atoms with Crippen LogP contribution in [-0.2, 0) is 16.0 Å². The van der Waals surface area contributed by atoms with E-state index in [0.717, 1.165) is 25.9 Å². The summed E-state index contributed by atoms with van der Waals surface area (Å²) in [6, 6.07) is 10.4. The molecule has 0 saturated heterocycles. The second-order valence-electron chi connectivity index (χ2n) is 5.12. The Balaban J connectivity index is 2.37. The van der Waals surface area contributed by atoms with Crippen LogP contribution in [-0.4, -0.2) is 49.3 Å². The summed E-state index contributed by atoms with van der Waals surface area (Å²) in [5.74, 6) is -1.08. The van der Waals surface area contributed by atoms with Crippen LogP contribution in [0, 0.1) is 5.92 Å². The van der Waals surface area contributed by atoms with Gasteiger partial charge in [0.05, 0.1) is 12.5 Å². The Labute approximate surface area is 121 Å².